The third-order valence-corrected chi connectivity index (χ3v) is 7.38. The summed E-state index contributed by atoms with van der Waals surface area (Å²) < 4.78 is 5.91. The number of para-hydroxylation sites is 1. The molecule has 0 fully saturated rings. The van der Waals surface area contributed by atoms with E-state index < -0.39 is 60.1 Å². The van der Waals surface area contributed by atoms with E-state index in [1.807, 2.05) is 19.0 Å². The van der Waals surface area contributed by atoms with Crippen molar-refractivity contribution in [3.05, 3.63) is 59.7 Å². The van der Waals surface area contributed by atoms with Crippen LogP contribution in [0.25, 0.3) is 0 Å². The molecule has 250 valence electrons. The second kappa shape index (κ2) is 17.2. The summed E-state index contributed by atoms with van der Waals surface area (Å²) in [5.41, 5.74) is 0.791. The van der Waals surface area contributed by atoms with E-state index in [9.17, 15) is 29.1 Å². The Bertz CT molecular complexity index is 1360. The molecule has 3 rings (SSSR count). The smallest absolute Gasteiger partial charge is 0.255 e. The number of ether oxygens (including phenoxy) is 1. The fraction of sp³-hybridized carbons (Fsp3) is 0.485. The predicted molar refractivity (Wildman–Crippen MR) is 172 cm³/mol. The van der Waals surface area contributed by atoms with Gasteiger partial charge in [-0.3, -0.25) is 24.0 Å². The molecule has 0 radical (unpaired) electrons. The second-order valence-corrected chi connectivity index (χ2v) is 12.1. The Morgan fingerprint density at radius 2 is 1.67 bits per heavy atom. The Balaban J connectivity index is 1.96. The van der Waals surface area contributed by atoms with Crippen molar-refractivity contribution in [2.75, 3.05) is 33.8 Å². The highest BCUT2D eigenvalue weighted by Gasteiger charge is 2.32. The van der Waals surface area contributed by atoms with E-state index >= 15 is 0 Å². The molecule has 46 heavy (non-hydrogen) atoms. The summed E-state index contributed by atoms with van der Waals surface area (Å²) in [6, 6.07) is 8.83. The molecule has 0 aromatic heterocycles. The van der Waals surface area contributed by atoms with Crippen LogP contribution in [0, 0.1) is 5.92 Å². The highest BCUT2D eigenvalue weighted by molar-refractivity contribution is 6.01. The largest absolute Gasteiger partial charge is 0.508 e. The fourth-order valence-corrected chi connectivity index (χ4v) is 4.85. The van der Waals surface area contributed by atoms with Gasteiger partial charge in [-0.1, -0.05) is 38.1 Å². The van der Waals surface area contributed by atoms with E-state index in [1.54, 1.807) is 57.2 Å². The van der Waals surface area contributed by atoms with Crippen LogP contribution in [0.4, 0.5) is 0 Å². The second-order valence-electron chi connectivity index (χ2n) is 12.1. The standard InChI is InChI=1S/C33H46N6O7/c1-20(2)29-33(45)35-21(3)19-46-27-10-7-6-9-24(27)30(42)37-26(31(43)34-15-8-16-39(4)5)18-28(41)36-25(32(44)38-29)17-22-11-13-23(40)14-12-22/h6-7,9-14,20-21,25-26,29,40H,8,15-19H2,1-5H3,(H,34,43)(H,35,45)(H,36,41)(H,37,42)(H,38,44)/t21-,25-,26-,29+/m0/s1. The number of amides is 5. The van der Waals surface area contributed by atoms with Crippen molar-refractivity contribution in [1.29, 1.82) is 0 Å². The van der Waals surface area contributed by atoms with Crippen molar-refractivity contribution in [2.45, 2.75) is 64.2 Å². The molecule has 0 aliphatic carbocycles. The van der Waals surface area contributed by atoms with E-state index in [2.05, 4.69) is 26.6 Å². The number of rotatable bonds is 8. The molecule has 0 bridgehead atoms. The molecule has 0 saturated carbocycles. The van der Waals surface area contributed by atoms with Gasteiger partial charge in [-0.05, 0) is 69.7 Å². The van der Waals surface area contributed by atoms with Crippen molar-refractivity contribution >= 4 is 29.5 Å². The fourth-order valence-electron chi connectivity index (χ4n) is 4.85. The molecule has 1 aliphatic heterocycles. The minimum absolute atomic E-state index is 0.0219. The van der Waals surface area contributed by atoms with Crippen molar-refractivity contribution in [2.24, 2.45) is 5.92 Å². The summed E-state index contributed by atoms with van der Waals surface area (Å²) in [5.74, 6) is -2.91. The van der Waals surface area contributed by atoms with Gasteiger partial charge in [0.2, 0.25) is 23.6 Å². The molecule has 6 N–H and O–H groups in total. The van der Waals surface area contributed by atoms with Crippen molar-refractivity contribution in [3.8, 4) is 11.5 Å². The number of hydrogen-bond acceptors (Lipinski definition) is 8. The maximum Gasteiger partial charge on any atom is 0.255 e. The zero-order valence-corrected chi connectivity index (χ0v) is 27.1. The zero-order valence-electron chi connectivity index (χ0n) is 27.1. The van der Waals surface area contributed by atoms with Gasteiger partial charge in [-0.2, -0.15) is 0 Å². The van der Waals surface area contributed by atoms with Crippen LogP contribution in [0.3, 0.4) is 0 Å². The van der Waals surface area contributed by atoms with Crippen LogP contribution in [0.2, 0.25) is 0 Å². The maximum atomic E-state index is 13.6. The minimum Gasteiger partial charge on any atom is -0.508 e. The quantitative estimate of drug-likeness (QED) is 0.229. The van der Waals surface area contributed by atoms with Gasteiger partial charge in [0.25, 0.3) is 5.91 Å². The summed E-state index contributed by atoms with van der Waals surface area (Å²) >= 11 is 0. The highest BCUT2D eigenvalue weighted by atomic mass is 16.5. The van der Waals surface area contributed by atoms with E-state index in [4.69, 9.17) is 4.74 Å². The molecular formula is C33H46N6O7. The monoisotopic (exact) mass is 638 g/mol. The Hall–Kier alpha value is -4.65. The van der Waals surface area contributed by atoms with Gasteiger partial charge in [-0.25, -0.2) is 0 Å². The number of phenols is 1. The molecule has 1 heterocycles. The lowest BCUT2D eigenvalue weighted by atomic mass is 10.0. The lowest BCUT2D eigenvalue weighted by Crippen LogP contribution is -2.57. The molecule has 5 amide bonds. The van der Waals surface area contributed by atoms with E-state index in [-0.39, 0.29) is 36.0 Å². The van der Waals surface area contributed by atoms with Gasteiger partial charge in [-0.15, -0.1) is 0 Å². The number of nitrogens with one attached hydrogen (secondary N) is 5. The molecule has 4 atom stereocenters. The summed E-state index contributed by atoms with van der Waals surface area (Å²) in [7, 11) is 3.83. The van der Waals surface area contributed by atoms with Crippen LogP contribution in [-0.4, -0.2) is 97.5 Å². The zero-order chi connectivity index (χ0) is 33.8. The summed E-state index contributed by atoms with van der Waals surface area (Å²) in [4.78, 5) is 69.1. The molecule has 0 unspecified atom stereocenters. The van der Waals surface area contributed by atoms with Crippen molar-refractivity contribution in [3.63, 3.8) is 0 Å². The number of fused-ring (bicyclic) bond motifs is 1. The first-order chi connectivity index (χ1) is 21.8. The number of benzene rings is 2. The molecular weight excluding hydrogens is 592 g/mol. The topological polar surface area (TPSA) is 178 Å². The van der Waals surface area contributed by atoms with Crippen molar-refractivity contribution < 1.29 is 33.8 Å². The van der Waals surface area contributed by atoms with E-state index in [0.29, 0.717) is 18.5 Å². The number of aromatic hydroxyl groups is 1. The molecule has 2 aromatic rings. The van der Waals surface area contributed by atoms with E-state index in [1.165, 1.54) is 12.1 Å². The Kier molecular flexibility index (Phi) is 13.4. The molecule has 0 saturated heterocycles. The maximum absolute atomic E-state index is 13.6. The highest BCUT2D eigenvalue weighted by Crippen LogP contribution is 2.19. The lowest BCUT2D eigenvalue weighted by molar-refractivity contribution is -0.133. The Morgan fingerprint density at radius 3 is 2.35 bits per heavy atom. The number of phenolic OH excluding ortho intramolecular Hbond substituents is 1. The van der Waals surface area contributed by atoms with Gasteiger partial charge in [0, 0.05) is 13.0 Å². The first kappa shape index (κ1) is 35.8. The van der Waals surface area contributed by atoms with Crippen LogP contribution in [0.5, 0.6) is 11.5 Å². The number of nitrogens with zero attached hydrogens (tertiary/aromatic N) is 1. The van der Waals surface area contributed by atoms with Crippen LogP contribution < -0.4 is 31.3 Å². The number of carbonyl (C=O) groups excluding carboxylic acids is 5. The minimum atomic E-state index is -1.27. The van der Waals surface area contributed by atoms with Crippen molar-refractivity contribution in [1.82, 2.24) is 31.5 Å². The van der Waals surface area contributed by atoms with Gasteiger partial charge < -0.3 is 41.3 Å². The average molecular weight is 639 g/mol. The van der Waals surface area contributed by atoms with Crippen LogP contribution in [-0.2, 0) is 25.6 Å². The van der Waals surface area contributed by atoms with Crippen LogP contribution >= 0.6 is 0 Å². The van der Waals surface area contributed by atoms with Gasteiger partial charge in [0.05, 0.1) is 18.0 Å². The molecule has 13 heteroatoms. The Labute approximate surface area is 269 Å². The predicted octanol–water partition coefficient (Wildman–Crippen LogP) is 0.714. The molecule has 2 aromatic carbocycles. The SMILES string of the molecule is CC(C)[C@H]1NC(=O)[C@H](Cc2ccc(O)cc2)NC(=O)C[C@@H](C(=O)NCCCN(C)C)NC(=O)c2ccccc2OC[C@H](C)NC1=O. The number of carbonyl (C=O) groups is 5. The van der Waals surface area contributed by atoms with E-state index in [0.717, 1.165) is 6.54 Å². The average Bonchev–Trinajstić information content (AvgIpc) is 3.00. The summed E-state index contributed by atoms with van der Waals surface area (Å²) in [6.07, 6.45) is 0.230. The summed E-state index contributed by atoms with van der Waals surface area (Å²) in [6.45, 7) is 6.39. The molecule has 13 nitrogen and oxygen atoms in total. The van der Waals surface area contributed by atoms with Gasteiger partial charge in [0.15, 0.2) is 0 Å². The molecule has 1 aliphatic rings. The Morgan fingerprint density at radius 1 is 0.978 bits per heavy atom. The van der Waals surface area contributed by atoms with Crippen LogP contribution in [0.15, 0.2) is 48.5 Å². The normalized spacial score (nSPS) is 21.6. The van der Waals surface area contributed by atoms with Crippen LogP contribution in [0.1, 0.15) is 49.5 Å². The third-order valence-electron chi connectivity index (χ3n) is 7.38. The first-order valence-corrected chi connectivity index (χ1v) is 15.5. The molecule has 0 spiro atoms. The van der Waals surface area contributed by atoms with Gasteiger partial charge >= 0.3 is 0 Å². The summed E-state index contributed by atoms with van der Waals surface area (Å²) in [5, 5.41) is 23.5. The third kappa shape index (κ3) is 11.1. The lowest BCUT2D eigenvalue weighted by Gasteiger charge is -2.27. The van der Waals surface area contributed by atoms with Gasteiger partial charge in [0.1, 0.15) is 36.2 Å². The number of hydrogen-bond donors (Lipinski definition) is 6. The first-order valence-electron chi connectivity index (χ1n) is 15.5.